The number of alkyl carbamates (subject to hydrolysis) is 1. The van der Waals surface area contributed by atoms with Crippen molar-refractivity contribution in [3.05, 3.63) is 60.2 Å². The fourth-order valence-corrected chi connectivity index (χ4v) is 5.02. The average Bonchev–Trinajstić information content (AvgIpc) is 3.08. The normalized spacial score (nSPS) is 22.6. The van der Waals surface area contributed by atoms with Crippen LogP contribution in [0.5, 0.6) is 11.5 Å². The van der Waals surface area contributed by atoms with Gasteiger partial charge in [-0.1, -0.05) is 30.3 Å². The van der Waals surface area contributed by atoms with E-state index >= 15 is 8.78 Å². The van der Waals surface area contributed by atoms with Gasteiger partial charge in [0.15, 0.2) is 6.04 Å². The molecule has 2 amide bonds. The van der Waals surface area contributed by atoms with Gasteiger partial charge in [0.05, 0.1) is 0 Å². The summed E-state index contributed by atoms with van der Waals surface area (Å²) >= 11 is 0. The molecule has 3 N–H and O–H groups in total. The van der Waals surface area contributed by atoms with Gasteiger partial charge in [-0.3, -0.25) is 4.79 Å². The summed E-state index contributed by atoms with van der Waals surface area (Å²) in [5.41, 5.74) is 4.92. The van der Waals surface area contributed by atoms with E-state index in [4.69, 9.17) is 15.2 Å². The molecular weight excluding hydrogens is 468 g/mol. The number of fused-ring (bicyclic) bond motifs is 2. The predicted molar refractivity (Wildman–Crippen MR) is 131 cm³/mol. The molecule has 194 valence electrons. The molecule has 0 aliphatic carbocycles. The van der Waals surface area contributed by atoms with E-state index in [1.807, 2.05) is 6.07 Å². The highest BCUT2D eigenvalue weighted by Gasteiger charge is 2.51. The molecule has 0 saturated carbocycles. The molecule has 2 aliphatic heterocycles. The molecule has 0 radical (unpaired) electrons. The van der Waals surface area contributed by atoms with Crippen molar-refractivity contribution in [2.45, 2.75) is 82.1 Å². The second-order valence-electron chi connectivity index (χ2n) is 10.5. The Morgan fingerprint density at radius 3 is 2.22 bits per heavy atom. The molecule has 2 fully saturated rings. The van der Waals surface area contributed by atoms with Gasteiger partial charge >= 0.3 is 6.09 Å². The van der Waals surface area contributed by atoms with Crippen LogP contribution in [0.4, 0.5) is 13.6 Å². The molecule has 2 heterocycles. The van der Waals surface area contributed by atoms with Crippen LogP contribution in [0.25, 0.3) is 0 Å². The van der Waals surface area contributed by atoms with Crippen LogP contribution in [0.3, 0.4) is 0 Å². The van der Waals surface area contributed by atoms with E-state index in [0.717, 1.165) is 0 Å². The highest BCUT2D eigenvalue weighted by Crippen LogP contribution is 2.40. The zero-order chi connectivity index (χ0) is 26.1. The number of piperidine rings is 1. The first-order valence-electron chi connectivity index (χ1n) is 12.2. The zero-order valence-electron chi connectivity index (χ0n) is 20.7. The summed E-state index contributed by atoms with van der Waals surface area (Å²) in [5.74, 6) is -3.64. The number of alkyl halides is 2. The first-order chi connectivity index (χ1) is 16.9. The third kappa shape index (κ3) is 5.78. The van der Waals surface area contributed by atoms with E-state index in [0.29, 0.717) is 31.4 Å². The highest BCUT2D eigenvalue weighted by molar-refractivity contribution is 5.84. The van der Waals surface area contributed by atoms with E-state index in [1.54, 1.807) is 51.1 Å². The largest absolute Gasteiger partial charge is 0.457 e. The van der Waals surface area contributed by atoms with Crippen LogP contribution >= 0.6 is 0 Å². The molecule has 3 atom stereocenters. The second-order valence-corrected chi connectivity index (χ2v) is 10.5. The molecule has 2 aromatic carbocycles. The number of carbonyl (C=O) groups is 2. The van der Waals surface area contributed by atoms with Crippen molar-refractivity contribution in [1.29, 1.82) is 0 Å². The molecule has 2 saturated heterocycles. The minimum atomic E-state index is -3.60. The summed E-state index contributed by atoms with van der Waals surface area (Å²) in [7, 11) is 0. The van der Waals surface area contributed by atoms with E-state index < -0.39 is 29.6 Å². The van der Waals surface area contributed by atoms with Gasteiger partial charge in [-0.25, -0.2) is 4.79 Å². The number of para-hydroxylation sites is 1. The molecule has 2 bridgehead atoms. The highest BCUT2D eigenvalue weighted by atomic mass is 19.3. The lowest BCUT2D eigenvalue weighted by molar-refractivity contribution is -0.147. The SMILES string of the molecule is CC(C)(C)OC(=O)NC1CC2CCC(C1)N2C(=O)C(N)C(F)(F)c1cccc(Oc2ccccc2)c1. The van der Waals surface area contributed by atoms with Gasteiger partial charge in [0, 0.05) is 23.7 Å². The van der Waals surface area contributed by atoms with Crippen molar-refractivity contribution in [2.24, 2.45) is 5.73 Å². The minimum Gasteiger partial charge on any atom is -0.457 e. The van der Waals surface area contributed by atoms with E-state index in [2.05, 4.69) is 5.32 Å². The van der Waals surface area contributed by atoms with Crippen LogP contribution in [-0.2, 0) is 15.5 Å². The monoisotopic (exact) mass is 501 g/mol. The van der Waals surface area contributed by atoms with E-state index in [1.165, 1.54) is 23.1 Å². The number of ether oxygens (including phenoxy) is 2. The van der Waals surface area contributed by atoms with E-state index in [-0.39, 0.29) is 29.4 Å². The van der Waals surface area contributed by atoms with Gasteiger partial charge < -0.3 is 25.4 Å². The van der Waals surface area contributed by atoms with Gasteiger partial charge in [0.2, 0.25) is 5.91 Å². The molecule has 4 rings (SSSR count). The Morgan fingerprint density at radius 1 is 1.00 bits per heavy atom. The molecular formula is C27H33F2N3O4. The maximum Gasteiger partial charge on any atom is 0.407 e. The third-order valence-electron chi connectivity index (χ3n) is 6.56. The Morgan fingerprint density at radius 2 is 1.61 bits per heavy atom. The van der Waals surface area contributed by atoms with Crippen LogP contribution in [0.15, 0.2) is 54.6 Å². The van der Waals surface area contributed by atoms with Gasteiger partial charge in [-0.05, 0) is 70.7 Å². The standard InChI is InChI=1S/C27H33F2N3O4/c1-26(2,3)36-25(34)31-18-15-19-12-13-20(16-18)32(19)24(33)23(30)27(28,29)17-8-7-11-22(14-17)35-21-9-5-4-6-10-21/h4-11,14,18-20,23H,12-13,15-16,30H2,1-3H3,(H,31,34). The van der Waals surface area contributed by atoms with Crippen LogP contribution in [0, 0.1) is 0 Å². The summed E-state index contributed by atoms with van der Waals surface area (Å²) in [4.78, 5) is 26.9. The number of hydrogen-bond acceptors (Lipinski definition) is 5. The Hall–Kier alpha value is -3.20. The summed E-state index contributed by atoms with van der Waals surface area (Å²) < 4.78 is 41.9. The molecule has 0 spiro atoms. The maximum absolute atomic E-state index is 15.5. The number of carbonyl (C=O) groups excluding carboxylic acids is 2. The van der Waals surface area contributed by atoms with Crippen LogP contribution < -0.4 is 15.8 Å². The number of halogens is 2. The Kier molecular flexibility index (Phi) is 7.22. The first kappa shape index (κ1) is 25.9. The van der Waals surface area contributed by atoms with Crippen molar-refractivity contribution < 1.29 is 27.8 Å². The number of hydrogen-bond donors (Lipinski definition) is 2. The Bertz CT molecular complexity index is 1080. The van der Waals surface area contributed by atoms with Crippen LogP contribution in [-0.4, -0.2) is 46.7 Å². The fourth-order valence-electron chi connectivity index (χ4n) is 5.02. The van der Waals surface area contributed by atoms with E-state index in [9.17, 15) is 9.59 Å². The fraction of sp³-hybridized carbons (Fsp3) is 0.481. The van der Waals surface area contributed by atoms with Crippen molar-refractivity contribution in [1.82, 2.24) is 10.2 Å². The maximum atomic E-state index is 15.5. The number of rotatable bonds is 6. The lowest BCUT2D eigenvalue weighted by Crippen LogP contribution is -2.59. The molecule has 36 heavy (non-hydrogen) atoms. The van der Waals surface area contributed by atoms with Crippen molar-refractivity contribution in [3.8, 4) is 11.5 Å². The molecule has 7 nitrogen and oxygen atoms in total. The quantitative estimate of drug-likeness (QED) is 0.585. The van der Waals surface area contributed by atoms with Crippen molar-refractivity contribution in [2.75, 3.05) is 0 Å². The summed E-state index contributed by atoms with van der Waals surface area (Å²) in [6.07, 6.45) is 1.79. The van der Waals surface area contributed by atoms with Crippen molar-refractivity contribution in [3.63, 3.8) is 0 Å². The minimum absolute atomic E-state index is 0.190. The number of nitrogens with one attached hydrogen (secondary N) is 1. The van der Waals surface area contributed by atoms with Gasteiger partial charge in [0.1, 0.15) is 17.1 Å². The van der Waals surface area contributed by atoms with Gasteiger partial charge in [-0.15, -0.1) is 0 Å². The molecule has 3 unspecified atom stereocenters. The lowest BCUT2D eigenvalue weighted by atomic mass is 9.94. The average molecular weight is 502 g/mol. The van der Waals surface area contributed by atoms with Crippen LogP contribution in [0.2, 0.25) is 0 Å². The van der Waals surface area contributed by atoms with Gasteiger partial charge in [0.25, 0.3) is 5.92 Å². The molecule has 2 aromatic rings. The Balaban J connectivity index is 1.43. The number of nitrogens with two attached hydrogens (primary N) is 1. The van der Waals surface area contributed by atoms with Crippen molar-refractivity contribution >= 4 is 12.0 Å². The molecule has 9 heteroatoms. The predicted octanol–water partition coefficient (Wildman–Crippen LogP) is 4.94. The molecule has 2 aliphatic rings. The van der Waals surface area contributed by atoms with Crippen LogP contribution in [0.1, 0.15) is 52.0 Å². The number of nitrogens with zero attached hydrogens (tertiary/aromatic N) is 1. The lowest BCUT2D eigenvalue weighted by Gasteiger charge is -2.41. The molecule has 0 aromatic heterocycles. The zero-order valence-corrected chi connectivity index (χ0v) is 20.7. The van der Waals surface area contributed by atoms with Gasteiger partial charge in [-0.2, -0.15) is 8.78 Å². The third-order valence-corrected chi connectivity index (χ3v) is 6.56. The Labute approximate surface area is 209 Å². The number of amides is 2. The summed E-state index contributed by atoms with van der Waals surface area (Å²) in [6.45, 7) is 5.34. The summed E-state index contributed by atoms with van der Waals surface area (Å²) in [5, 5.41) is 2.85. The summed E-state index contributed by atoms with van der Waals surface area (Å²) in [6, 6.07) is 11.6. The number of benzene rings is 2. The first-order valence-corrected chi connectivity index (χ1v) is 12.2. The second kappa shape index (κ2) is 10.0. The smallest absolute Gasteiger partial charge is 0.407 e. The topological polar surface area (TPSA) is 93.9 Å².